The summed E-state index contributed by atoms with van der Waals surface area (Å²) in [5.41, 5.74) is 3.39. The van der Waals surface area contributed by atoms with E-state index in [4.69, 9.17) is 5.84 Å². The van der Waals surface area contributed by atoms with Crippen LogP contribution in [0.1, 0.15) is 31.2 Å². The molecule has 5 heteroatoms. The lowest BCUT2D eigenvalue weighted by atomic mass is 10.1. The highest BCUT2D eigenvalue weighted by atomic mass is 32.2. The van der Waals surface area contributed by atoms with Crippen molar-refractivity contribution in [2.75, 3.05) is 5.75 Å². The summed E-state index contributed by atoms with van der Waals surface area (Å²) in [4.78, 5) is 0. The summed E-state index contributed by atoms with van der Waals surface area (Å²) in [7, 11) is 0. The van der Waals surface area contributed by atoms with Crippen molar-refractivity contribution in [3.05, 3.63) is 35.4 Å². The van der Waals surface area contributed by atoms with Crippen molar-refractivity contribution in [3.8, 4) is 0 Å². The number of rotatable bonds is 6. The summed E-state index contributed by atoms with van der Waals surface area (Å²) in [6.45, 7) is 0. The third-order valence-electron chi connectivity index (χ3n) is 3.48. The van der Waals surface area contributed by atoms with Crippen molar-refractivity contribution >= 4 is 11.8 Å². The molecule has 0 amide bonds. The predicted molar refractivity (Wildman–Crippen MR) is 75.9 cm³/mol. The molecule has 0 bridgehead atoms. The molecule has 1 aromatic rings. The van der Waals surface area contributed by atoms with Gasteiger partial charge in [0, 0.05) is 23.1 Å². The minimum Gasteiger partial charge on any atom is -0.271 e. The summed E-state index contributed by atoms with van der Waals surface area (Å²) < 4.78 is 26.2. The SMILES string of the molecule is NNC(CSC1CCCC1)Cc1cc(F)cc(F)c1. The van der Waals surface area contributed by atoms with Gasteiger partial charge in [0.05, 0.1) is 0 Å². The van der Waals surface area contributed by atoms with E-state index in [-0.39, 0.29) is 6.04 Å². The summed E-state index contributed by atoms with van der Waals surface area (Å²) in [5, 5.41) is 0.722. The molecule has 106 valence electrons. The van der Waals surface area contributed by atoms with Gasteiger partial charge in [0.15, 0.2) is 0 Å². The number of benzene rings is 1. The van der Waals surface area contributed by atoms with Crippen molar-refractivity contribution in [2.24, 2.45) is 5.84 Å². The molecule has 0 heterocycles. The van der Waals surface area contributed by atoms with E-state index in [1.54, 1.807) is 0 Å². The predicted octanol–water partition coefficient (Wildman–Crippen LogP) is 3.02. The monoisotopic (exact) mass is 286 g/mol. The highest BCUT2D eigenvalue weighted by molar-refractivity contribution is 7.99. The van der Waals surface area contributed by atoms with E-state index in [2.05, 4.69) is 5.43 Å². The molecule has 1 atom stereocenters. The Bertz CT molecular complexity index is 388. The highest BCUT2D eigenvalue weighted by Gasteiger charge is 2.18. The maximum Gasteiger partial charge on any atom is 0.126 e. The average molecular weight is 286 g/mol. The molecule has 0 radical (unpaired) electrons. The molecule has 2 rings (SSSR count). The van der Waals surface area contributed by atoms with Crippen LogP contribution in [0, 0.1) is 11.6 Å². The highest BCUT2D eigenvalue weighted by Crippen LogP contribution is 2.30. The molecule has 0 spiro atoms. The molecule has 1 aliphatic carbocycles. The Morgan fingerprint density at radius 1 is 1.21 bits per heavy atom. The number of hydrazine groups is 1. The largest absolute Gasteiger partial charge is 0.271 e. The molecular formula is C14H20F2N2S. The molecule has 2 nitrogen and oxygen atoms in total. The molecule has 19 heavy (non-hydrogen) atoms. The first kappa shape index (κ1) is 14.8. The van der Waals surface area contributed by atoms with Gasteiger partial charge in [-0.2, -0.15) is 11.8 Å². The first-order valence-corrected chi connectivity index (χ1v) is 7.75. The molecular weight excluding hydrogens is 266 g/mol. The lowest BCUT2D eigenvalue weighted by Crippen LogP contribution is -2.39. The Kier molecular flexibility index (Phi) is 5.60. The second-order valence-corrected chi connectivity index (χ2v) is 6.42. The molecule has 1 fully saturated rings. The van der Waals surface area contributed by atoms with Crippen molar-refractivity contribution in [1.29, 1.82) is 0 Å². The van der Waals surface area contributed by atoms with E-state index in [9.17, 15) is 8.78 Å². The number of nitrogens with two attached hydrogens (primary N) is 1. The van der Waals surface area contributed by atoms with E-state index < -0.39 is 11.6 Å². The zero-order valence-electron chi connectivity index (χ0n) is 10.9. The lowest BCUT2D eigenvalue weighted by molar-refractivity contribution is 0.555. The second kappa shape index (κ2) is 7.22. The van der Waals surface area contributed by atoms with E-state index in [0.717, 1.165) is 17.1 Å². The molecule has 0 saturated heterocycles. The molecule has 1 saturated carbocycles. The second-order valence-electron chi connectivity index (χ2n) is 5.09. The molecule has 1 aromatic carbocycles. The van der Waals surface area contributed by atoms with Crippen molar-refractivity contribution < 1.29 is 8.78 Å². The van der Waals surface area contributed by atoms with Crippen LogP contribution in [0.2, 0.25) is 0 Å². The summed E-state index contributed by atoms with van der Waals surface area (Å²) in [5.74, 6) is 5.34. The number of halogens is 2. The van der Waals surface area contributed by atoms with Crippen molar-refractivity contribution in [3.63, 3.8) is 0 Å². The summed E-state index contributed by atoms with van der Waals surface area (Å²) >= 11 is 1.91. The van der Waals surface area contributed by atoms with Crippen LogP contribution in [-0.4, -0.2) is 17.0 Å². The van der Waals surface area contributed by atoms with E-state index in [0.29, 0.717) is 12.0 Å². The lowest BCUT2D eigenvalue weighted by Gasteiger charge is -2.18. The smallest absolute Gasteiger partial charge is 0.126 e. The fraction of sp³-hybridized carbons (Fsp3) is 0.571. The Morgan fingerprint density at radius 2 is 1.84 bits per heavy atom. The van der Waals surface area contributed by atoms with Gasteiger partial charge in [-0.15, -0.1) is 0 Å². The third kappa shape index (κ3) is 4.75. The van der Waals surface area contributed by atoms with Gasteiger partial charge in [0.1, 0.15) is 11.6 Å². The van der Waals surface area contributed by atoms with Gasteiger partial charge in [-0.3, -0.25) is 11.3 Å². The maximum atomic E-state index is 13.1. The van der Waals surface area contributed by atoms with E-state index >= 15 is 0 Å². The topological polar surface area (TPSA) is 38.0 Å². The summed E-state index contributed by atoms with van der Waals surface area (Å²) in [6, 6.07) is 3.68. The van der Waals surface area contributed by atoms with E-state index in [1.165, 1.54) is 37.8 Å². The maximum absolute atomic E-state index is 13.1. The van der Waals surface area contributed by atoms with Crippen LogP contribution in [0.25, 0.3) is 0 Å². The number of hydrogen-bond acceptors (Lipinski definition) is 3. The standard InChI is InChI=1S/C14H20F2N2S/c15-11-5-10(6-12(16)8-11)7-13(18-17)9-19-14-3-1-2-4-14/h5-6,8,13-14,18H,1-4,7,9,17H2. The fourth-order valence-corrected chi connectivity index (χ4v) is 3.87. The molecule has 3 N–H and O–H groups in total. The Morgan fingerprint density at radius 3 is 2.42 bits per heavy atom. The number of hydrogen-bond donors (Lipinski definition) is 2. The minimum atomic E-state index is -0.533. The van der Waals surface area contributed by atoms with Crippen molar-refractivity contribution in [2.45, 2.75) is 43.4 Å². The summed E-state index contributed by atoms with van der Waals surface area (Å²) in [6.07, 6.45) is 5.72. The normalized spacial score (nSPS) is 17.8. The van der Waals surface area contributed by atoms with E-state index in [1.807, 2.05) is 11.8 Å². The molecule has 1 unspecified atom stereocenters. The zero-order chi connectivity index (χ0) is 13.7. The Balaban J connectivity index is 1.86. The van der Waals surface area contributed by atoms with Crippen molar-refractivity contribution in [1.82, 2.24) is 5.43 Å². The van der Waals surface area contributed by atoms with Crippen LogP contribution in [-0.2, 0) is 6.42 Å². The van der Waals surface area contributed by atoms with Gasteiger partial charge >= 0.3 is 0 Å². The Labute approximate surface area is 117 Å². The number of thioether (sulfide) groups is 1. The van der Waals surface area contributed by atoms with Crippen LogP contribution < -0.4 is 11.3 Å². The fourth-order valence-electron chi connectivity index (χ4n) is 2.49. The van der Waals surface area contributed by atoms with Gasteiger partial charge in [-0.05, 0) is 37.0 Å². The molecule has 0 aromatic heterocycles. The van der Waals surface area contributed by atoms with Gasteiger partial charge in [0.2, 0.25) is 0 Å². The Hall–Kier alpha value is -0.650. The molecule has 0 aliphatic heterocycles. The molecule has 1 aliphatic rings. The van der Waals surface area contributed by atoms with Crippen LogP contribution in [0.5, 0.6) is 0 Å². The zero-order valence-corrected chi connectivity index (χ0v) is 11.7. The number of nitrogens with one attached hydrogen (secondary N) is 1. The first-order valence-electron chi connectivity index (χ1n) is 6.70. The van der Waals surface area contributed by atoms with Gasteiger partial charge < -0.3 is 0 Å². The quantitative estimate of drug-likeness (QED) is 0.623. The van der Waals surface area contributed by atoms with Crippen LogP contribution in [0.3, 0.4) is 0 Å². The van der Waals surface area contributed by atoms with Gasteiger partial charge in [-0.1, -0.05) is 12.8 Å². The van der Waals surface area contributed by atoms with Gasteiger partial charge in [0.25, 0.3) is 0 Å². The third-order valence-corrected chi connectivity index (χ3v) is 5.01. The minimum absolute atomic E-state index is 0.0480. The van der Waals surface area contributed by atoms with Crippen LogP contribution in [0.15, 0.2) is 18.2 Å². The van der Waals surface area contributed by atoms with Gasteiger partial charge in [-0.25, -0.2) is 8.78 Å². The first-order chi connectivity index (χ1) is 9.17. The van der Waals surface area contributed by atoms with Crippen LogP contribution in [0.4, 0.5) is 8.78 Å². The van der Waals surface area contributed by atoms with Crippen LogP contribution >= 0.6 is 11.8 Å². The average Bonchev–Trinajstić information content (AvgIpc) is 2.86.